The highest BCUT2D eigenvalue weighted by Crippen LogP contribution is 2.12. The predicted molar refractivity (Wildman–Crippen MR) is 49.8 cm³/mol. The Kier molecular flexibility index (Phi) is 2.98. The van der Waals surface area contributed by atoms with Gasteiger partial charge in [-0.1, -0.05) is 12.8 Å². The van der Waals surface area contributed by atoms with Crippen LogP contribution >= 0.6 is 0 Å². The lowest BCUT2D eigenvalue weighted by Gasteiger charge is -2.26. The molecule has 0 saturated carbocycles. The molecule has 0 aliphatic carbocycles. The Morgan fingerprint density at radius 3 is 2.92 bits per heavy atom. The van der Waals surface area contributed by atoms with Crippen LogP contribution in [0.25, 0.3) is 0 Å². The minimum atomic E-state index is 0.655. The summed E-state index contributed by atoms with van der Waals surface area (Å²) >= 11 is 0. The Balaban J connectivity index is 1.83. The van der Waals surface area contributed by atoms with Crippen molar-refractivity contribution in [1.29, 1.82) is 0 Å². The van der Waals surface area contributed by atoms with Crippen molar-refractivity contribution >= 4 is 0 Å². The van der Waals surface area contributed by atoms with Crippen LogP contribution in [-0.4, -0.2) is 37.4 Å². The summed E-state index contributed by atoms with van der Waals surface area (Å²) in [6.45, 7) is 4.68. The summed E-state index contributed by atoms with van der Waals surface area (Å²) in [4.78, 5) is 2.52. The average molecular weight is 169 g/mol. The molecule has 12 heavy (non-hydrogen) atoms. The third-order valence-electron chi connectivity index (χ3n) is 2.87. The van der Waals surface area contributed by atoms with Crippen molar-refractivity contribution in [3.8, 4) is 0 Å². The first-order valence-corrected chi connectivity index (χ1v) is 5.15. The third-order valence-corrected chi connectivity index (χ3v) is 2.87. The lowest BCUT2D eigenvalue weighted by molar-refractivity contribution is 0.197. The van der Waals surface area contributed by atoms with Gasteiger partial charge in [0.1, 0.15) is 0 Å². The molecular weight excluding hydrogens is 150 g/mol. The van der Waals surface area contributed by atoms with Crippen LogP contribution in [-0.2, 0) is 0 Å². The van der Waals surface area contributed by atoms with Crippen LogP contribution in [0.4, 0.5) is 0 Å². The Labute approximate surface area is 74.5 Å². The van der Waals surface area contributed by atoms with Crippen LogP contribution in [0, 0.1) is 0 Å². The Morgan fingerprint density at radius 1 is 1.08 bits per heavy atom. The van der Waals surface area contributed by atoms with Gasteiger partial charge >= 0.3 is 0 Å². The fourth-order valence-corrected chi connectivity index (χ4v) is 2.11. The molecule has 1 atom stereocenters. The van der Waals surface area contributed by atoms with Gasteiger partial charge in [-0.2, -0.15) is 0 Å². The maximum Gasteiger partial charge on any atom is 0.0608 e. The van der Waals surface area contributed by atoms with Crippen molar-refractivity contribution in [2.24, 2.45) is 0 Å². The molecule has 0 amide bonds. The van der Waals surface area contributed by atoms with E-state index in [2.05, 4.69) is 15.5 Å². The normalized spacial score (nSPS) is 33.5. The molecule has 3 heteroatoms. The second-order valence-corrected chi connectivity index (χ2v) is 3.79. The fourth-order valence-electron chi connectivity index (χ4n) is 2.11. The van der Waals surface area contributed by atoms with Crippen LogP contribution in [0.5, 0.6) is 0 Å². The van der Waals surface area contributed by atoms with Crippen LogP contribution in [0.2, 0.25) is 0 Å². The molecule has 2 aliphatic heterocycles. The topological polar surface area (TPSA) is 27.3 Å². The minimum absolute atomic E-state index is 0.655. The maximum absolute atomic E-state index is 3.61. The van der Waals surface area contributed by atoms with E-state index in [1.54, 1.807) is 0 Å². The van der Waals surface area contributed by atoms with E-state index in [1.165, 1.54) is 38.8 Å². The summed E-state index contributed by atoms with van der Waals surface area (Å²) in [6, 6.07) is 0. The lowest BCUT2D eigenvalue weighted by Crippen LogP contribution is -2.44. The molecule has 2 fully saturated rings. The first-order chi connectivity index (χ1) is 5.97. The third kappa shape index (κ3) is 1.97. The fraction of sp³-hybridized carbons (Fsp3) is 1.00. The number of nitrogens with one attached hydrogen (secondary N) is 2. The molecule has 0 aromatic heterocycles. The molecule has 2 rings (SSSR count). The Bertz CT molecular complexity index is 124. The van der Waals surface area contributed by atoms with E-state index in [4.69, 9.17) is 0 Å². The van der Waals surface area contributed by atoms with E-state index in [9.17, 15) is 0 Å². The van der Waals surface area contributed by atoms with Crippen LogP contribution in [0.15, 0.2) is 0 Å². The molecule has 0 radical (unpaired) electrons. The lowest BCUT2D eigenvalue weighted by atomic mass is 10.2. The second kappa shape index (κ2) is 4.21. The molecule has 2 saturated heterocycles. The van der Waals surface area contributed by atoms with Crippen molar-refractivity contribution in [2.75, 3.05) is 26.3 Å². The van der Waals surface area contributed by atoms with Crippen LogP contribution < -0.4 is 10.6 Å². The van der Waals surface area contributed by atoms with E-state index < -0.39 is 0 Å². The van der Waals surface area contributed by atoms with E-state index in [1.807, 2.05) is 0 Å². The summed E-state index contributed by atoms with van der Waals surface area (Å²) < 4.78 is 0. The van der Waals surface area contributed by atoms with Crippen LogP contribution in [0.3, 0.4) is 0 Å². The van der Waals surface area contributed by atoms with Crippen molar-refractivity contribution in [2.45, 2.75) is 31.8 Å². The molecule has 2 N–H and O–H groups in total. The molecule has 0 spiro atoms. The monoisotopic (exact) mass is 169 g/mol. The highest BCUT2D eigenvalue weighted by atomic mass is 15.4. The molecule has 2 heterocycles. The van der Waals surface area contributed by atoms with Crippen molar-refractivity contribution < 1.29 is 0 Å². The van der Waals surface area contributed by atoms with Crippen LogP contribution in [0.1, 0.15) is 25.7 Å². The average Bonchev–Trinajstić information content (AvgIpc) is 2.48. The largest absolute Gasteiger partial charge is 0.303 e. The Morgan fingerprint density at radius 2 is 2.08 bits per heavy atom. The van der Waals surface area contributed by atoms with Gasteiger partial charge in [-0.15, -0.1) is 0 Å². The summed E-state index contributed by atoms with van der Waals surface area (Å²) in [5.74, 6) is 0. The van der Waals surface area contributed by atoms with Gasteiger partial charge in [0.15, 0.2) is 0 Å². The zero-order valence-electron chi connectivity index (χ0n) is 7.68. The molecule has 0 aromatic carbocycles. The molecule has 70 valence electrons. The summed E-state index contributed by atoms with van der Waals surface area (Å²) in [6.07, 6.45) is 6.15. The number of rotatable bonds is 1. The van der Waals surface area contributed by atoms with E-state index >= 15 is 0 Å². The molecule has 3 nitrogen and oxygen atoms in total. The molecule has 2 aliphatic rings. The molecular formula is C9H19N3. The first kappa shape index (κ1) is 8.48. The van der Waals surface area contributed by atoms with E-state index in [0.717, 1.165) is 13.2 Å². The van der Waals surface area contributed by atoms with E-state index in [-0.39, 0.29) is 0 Å². The maximum atomic E-state index is 3.61. The van der Waals surface area contributed by atoms with Crippen molar-refractivity contribution in [3.05, 3.63) is 0 Å². The van der Waals surface area contributed by atoms with Gasteiger partial charge in [0.2, 0.25) is 0 Å². The quantitative estimate of drug-likeness (QED) is 0.592. The summed E-state index contributed by atoms with van der Waals surface area (Å²) in [5, 5.41) is 6.99. The van der Waals surface area contributed by atoms with Gasteiger partial charge in [-0.05, 0) is 19.4 Å². The zero-order chi connectivity index (χ0) is 8.23. The van der Waals surface area contributed by atoms with Crippen molar-refractivity contribution in [3.63, 3.8) is 0 Å². The summed E-state index contributed by atoms with van der Waals surface area (Å²) in [5.41, 5.74) is 0. The number of hydrogen-bond donors (Lipinski definition) is 2. The summed E-state index contributed by atoms with van der Waals surface area (Å²) in [7, 11) is 0. The van der Waals surface area contributed by atoms with Gasteiger partial charge in [0, 0.05) is 19.8 Å². The predicted octanol–water partition coefficient (Wildman–Crippen LogP) is 0.339. The SMILES string of the molecule is C1CCNC(N2CCNC2)CC1. The molecule has 0 bridgehead atoms. The van der Waals surface area contributed by atoms with E-state index in [0.29, 0.717) is 6.17 Å². The van der Waals surface area contributed by atoms with Gasteiger partial charge in [-0.3, -0.25) is 4.90 Å². The Hall–Kier alpha value is -0.120. The number of nitrogens with zero attached hydrogens (tertiary/aromatic N) is 1. The second-order valence-electron chi connectivity index (χ2n) is 3.79. The molecule has 0 aromatic rings. The van der Waals surface area contributed by atoms with Gasteiger partial charge in [0.25, 0.3) is 0 Å². The zero-order valence-corrected chi connectivity index (χ0v) is 7.68. The van der Waals surface area contributed by atoms with Gasteiger partial charge in [-0.25, -0.2) is 0 Å². The van der Waals surface area contributed by atoms with Crippen molar-refractivity contribution in [1.82, 2.24) is 15.5 Å². The number of hydrogen-bond acceptors (Lipinski definition) is 3. The first-order valence-electron chi connectivity index (χ1n) is 5.15. The molecule has 1 unspecified atom stereocenters. The van der Waals surface area contributed by atoms with Gasteiger partial charge in [0.05, 0.1) is 6.17 Å². The van der Waals surface area contributed by atoms with Gasteiger partial charge < -0.3 is 10.6 Å². The highest BCUT2D eigenvalue weighted by Gasteiger charge is 2.21. The highest BCUT2D eigenvalue weighted by molar-refractivity contribution is 4.76. The standard InChI is InChI=1S/C9H19N3/c1-2-4-9(11-5-3-1)12-7-6-10-8-12/h9-11H,1-8H2. The minimum Gasteiger partial charge on any atom is -0.303 e. The smallest absolute Gasteiger partial charge is 0.0608 e.